The van der Waals surface area contributed by atoms with Gasteiger partial charge in [-0.1, -0.05) is 0 Å². The van der Waals surface area contributed by atoms with E-state index in [-0.39, 0.29) is 28.9 Å². The second-order valence-electron chi connectivity index (χ2n) is 6.81. The summed E-state index contributed by atoms with van der Waals surface area (Å²) < 4.78 is 12.4. The fourth-order valence-corrected chi connectivity index (χ4v) is 3.49. The molecule has 0 bridgehead atoms. The summed E-state index contributed by atoms with van der Waals surface area (Å²) in [5, 5.41) is 7.90. The molecular formula is C20H24BrN5O3. The van der Waals surface area contributed by atoms with E-state index in [0.29, 0.717) is 35.9 Å². The SMILES string of the molecule is Br.COc1ccc(-c2ccnc3cc(C(=O)N4CCN[C@@H](C)C4)nn23)cc1OC. The number of nitrogens with zero attached hydrogens (tertiary/aromatic N) is 4. The van der Waals surface area contributed by atoms with Gasteiger partial charge in [-0.3, -0.25) is 4.79 Å². The molecule has 8 nitrogen and oxygen atoms in total. The highest BCUT2D eigenvalue weighted by atomic mass is 79.9. The third-order valence-electron chi connectivity index (χ3n) is 4.91. The lowest BCUT2D eigenvalue weighted by Crippen LogP contribution is -2.51. The summed E-state index contributed by atoms with van der Waals surface area (Å²) in [6.07, 6.45) is 1.71. The molecule has 0 aliphatic carbocycles. The molecule has 1 amide bonds. The van der Waals surface area contributed by atoms with Crippen LogP contribution in [0, 0.1) is 0 Å². The van der Waals surface area contributed by atoms with Gasteiger partial charge in [-0.25, -0.2) is 9.50 Å². The molecule has 1 fully saturated rings. The van der Waals surface area contributed by atoms with E-state index < -0.39 is 0 Å². The Hall–Kier alpha value is -2.65. The number of halogens is 1. The third-order valence-corrected chi connectivity index (χ3v) is 4.91. The molecule has 3 aromatic rings. The number of piperazine rings is 1. The van der Waals surface area contributed by atoms with Gasteiger partial charge in [0.15, 0.2) is 22.8 Å². The summed E-state index contributed by atoms with van der Waals surface area (Å²) in [4.78, 5) is 19.1. The van der Waals surface area contributed by atoms with Crippen LogP contribution in [0.25, 0.3) is 16.9 Å². The number of carbonyl (C=O) groups excluding carboxylic acids is 1. The highest BCUT2D eigenvalue weighted by molar-refractivity contribution is 8.93. The number of carbonyl (C=O) groups is 1. The molecule has 1 saturated heterocycles. The van der Waals surface area contributed by atoms with Crippen LogP contribution in [0.1, 0.15) is 17.4 Å². The van der Waals surface area contributed by atoms with Crippen molar-refractivity contribution in [2.75, 3.05) is 33.9 Å². The first-order chi connectivity index (χ1) is 13.6. The molecule has 3 heterocycles. The van der Waals surface area contributed by atoms with Crippen molar-refractivity contribution in [1.82, 2.24) is 24.8 Å². The van der Waals surface area contributed by atoms with Crippen LogP contribution in [-0.2, 0) is 0 Å². The molecule has 0 radical (unpaired) electrons. The Morgan fingerprint density at radius 2 is 1.97 bits per heavy atom. The first kappa shape index (κ1) is 21.1. The van der Waals surface area contributed by atoms with Crippen LogP contribution < -0.4 is 14.8 Å². The predicted molar refractivity (Wildman–Crippen MR) is 115 cm³/mol. The van der Waals surface area contributed by atoms with Gasteiger partial charge in [-0.05, 0) is 31.2 Å². The number of nitrogens with one attached hydrogen (secondary N) is 1. The Morgan fingerprint density at radius 3 is 2.69 bits per heavy atom. The topological polar surface area (TPSA) is 81.0 Å². The molecule has 2 aromatic heterocycles. The fraction of sp³-hybridized carbons (Fsp3) is 0.350. The quantitative estimate of drug-likeness (QED) is 0.642. The molecule has 0 spiro atoms. The number of fused-ring (bicyclic) bond motifs is 1. The van der Waals surface area contributed by atoms with Crippen molar-refractivity contribution in [2.24, 2.45) is 0 Å². The molecule has 1 aliphatic rings. The van der Waals surface area contributed by atoms with Crippen molar-refractivity contribution in [1.29, 1.82) is 0 Å². The minimum Gasteiger partial charge on any atom is -0.493 e. The van der Waals surface area contributed by atoms with E-state index in [1.165, 1.54) is 0 Å². The molecule has 1 N–H and O–H groups in total. The molecule has 1 aliphatic heterocycles. The summed E-state index contributed by atoms with van der Waals surface area (Å²) in [6.45, 7) is 4.20. The maximum atomic E-state index is 12.9. The van der Waals surface area contributed by atoms with Gasteiger partial charge in [0, 0.05) is 43.5 Å². The fourth-order valence-electron chi connectivity index (χ4n) is 3.49. The number of hydrogen-bond donors (Lipinski definition) is 1. The number of amides is 1. The number of rotatable bonds is 4. The second kappa shape index (κ2) is 8.79. The Bertz CT molecular complexity index is 1020. The Morgan fingerprint density at radius 1 is 1.17 bits per heavy atom. The highest BCUT2D eigenvalue weighted by Gasteiger charge is 2.24. The maximum absolute atomic E-state index is 12.9. The first-order valence-corrected chi connectivity index (χ1v) is 9.20. The molecular weight excluding hydrogens is 438 g/mol. The summed E-state index contributed by atoms with van der Waals surface area (Å²) in [6, 6.07) is 9.53. The number of ether oxygens (including phenoxy) is 2. The minimum atomic E-state index is -0.0721. The Kier molecular flexibility index (Phi) is 6.39. The zero-order chi connectivity index (χ0) is 19.7. The normalized spacial score (nSPS) is 16.4. The number of hydrogen-bond acceptors (Lipinski definition) is 6. The minimum absolute atomic E-state index is 0. The average Bonchev–Trinajstić information content (AvgIpc) is 3.17. The van der Waals surface area contributed by atoms with Gasteiger partial charge < -0.3 is 19.7 Å². The lowest BCUT2D eigenvalue weighted by molar-refractivity contribution is 0.0703. The summed E-state index contributed by atoms with van der Waals surface area (Å²) in [5.74, 6) is 1.21. The van der Waals surface area contributed by atoms with E-state index in [1.807, 2.05) is 29.2 Å². The van der Waals surface area contributed by atoms with Gasteiger partial charge >= 0.3 is 0 Å². The molecule has 154 valence electrons. The monoisotopic (exact) mass is 461 g/mol. The zero-order valence-electron chi connectivity index (χ0n) is 16.6. The van der Waals surface area contributed by atoms with E-state index in [4.69, 9.17) is 9.47 Å². The van der Waals surface area contributed by atoms with Crippen LogP contribution in [0.2, 0.25) is 0 Å². The highest BCUT2D eigenvalue weighted by Crippen LogP contribution is 2.32. The van der Waals surface area contributed by atoms with E-state index >= 15 is 0 Å². The van der Waals surface area contributed by atoms with Crippen LogP contribution in [0.15, 0.2) is 36.5 Å². The van der Waals surface area contributed by atoms with Gasteiger partial charge in [0.2, 0.25) is 0 Å². The summed E-state index contributed by atoms with van der Waals surface area (Å²) in [7, 11) is 3.20. The van der Waals surface area contributed by atoms with Crippen LogP contribution in [0.5, 0.6) is 11.5 Å². The van der Waals surface area contributed by atoms with E-state index in [0.717, 1.165) is 17.8 Å². The van der Waals surface area contributed by atoms with Gasteiger partial charge in [-0.15, -0.1) is 17.0 Å². The van der Waals surface area contributed by atoms with Crippen molar-refractivity contribution < 1.29 is 14.3 Å². The van der Waals surface area contributed by atoms with Crippen LogP contribution in [-0.4, -0.2) is 65.3 Å². The van der Waals surface area contributed by atoms with Gasteiger partial charge in [-0.2, -0.15) is 5.10 Å². The smallest absolute Gasteiger partial charge is 0.274 e. The predicted octanol–water partition coefficient (Wildman–Crippen LogP) is 2.43. The zero-order valence-corrected chi connectivity index (χ0v) is 18.3. The van der Waals surface area contributed by atoms with Crippen molar-refractivity contribution in [3.8, 4) is 22.8 Å². The third kappa shape index (κ3) is 4.06. The number of methoxy groups -OCH3 is 2. The number of benzene rings is 1. The van der Waals surface area contributed by atoms with Crippen molar-refractivity contribution in [3.05, 3.63) is 42.2 Å². The largest absolute Gasteiger partial charge is 0.493 e. The lowest BCUT2D eigenvalue weighted by atomic mass is 10.1. The molecule has 29 heavy (non-hydrogen) atoms. The van der Waals surface area contributed by atoms with Gasteiger partial charge in [0.1, 0.15) is 0 Å². The standard InChI is InChI=1S/C20H23N5O3.BrH/c1-13-12-24(9-8-21-13)20(26)15-11-19-22-7-6-16(25(19)23-15)14-4-5-17(27-2)18(10-14)28-3;/h4-7,10-11,13,21H,8-9,12H2,1-3H3;1H/t13-;/m0./s1. The van der Waals surface area contributed by atoms with Crippen LogP contribution >= 0.6 is 17.0 Å². The number of aromatic nitrogens is 3. The van der Waals surface area contributed by atoms with Crippen molar-refractivity contribution in [3.63, 3.8) is 0 Å². The van der Waals surface area contributed by atoms with E-state index in [1.54, 1.807) is 31.0 Å². The molecule has 9 heteroatoms. The van der Waals surface area contributed by atoms with E-state index in [9.17, 15) is 4.79 Å². The molecule has 1 aromatic carbocycles. The summed E-state index contributed by atoms with van der Waals surface area (Å²) >= 11 is 0. The Balaban J connectivity index is 0.00000240. The van der Waals surface area contributed by atoms with Crippen LogP contribution in [0.4, 0.5) is 0 Å². The molecule has 0 unspecified atom stereocenters. The van der Waals surface area contributed by atoms with Crippen molar-refractivity contribution in [2.45, 2.75) is 13.0 Å². The second-order valence-corrected chi connectivity index (χ2v) is 6.81. The van der Waals surface area contributed by atoms with Crippen LogP contribution in [0.3, 0.4) is 0 Å². The van der Waals surface area contributed by atoms with Crippen molar-refractivity contribution >= 4 is 28.5 Å². The first-order valence-electron chi connectivity index (χ1n) is 9.20. The average molecular weight is 462 g/mol. The molecule has 0 saturated carbocycles. The summed E-state index contributed by atoms with van der Waals surface area (Å²) in [5.41, 5.74) is 2.73. The van der Waals surface area contributed by atoms with Gasteiger partial charge in [0.25, 0.3) is 5.91 Å². The Labute approximate surface area is 179 Å². The van der Waals surface area contributed by atoms with Gasteiger partial charge in [0.05, 0.1) is 19.9 Å². The lowest BCUT2D eigenvalue weighted by Gasteiger charge is -2.31. The molecule has 4 rings (SSSR count). The van der Waals surface area contributed by atoms with E-state index in [2.05, 4.69) is 22.3 Å². The maximum Gasteiger partial charge on any atom is 0.274 e. The molecule has 1 atom stereocenters.